The third-order valence-electron chi connectivity index (χ3n) is 2.44. The van der Waals surface area contributed by atoms with Crippen LogP contribution < -0.4 is 0 Å². The molecule has 6 heteroatoms. The highest BCUT2D eigenvalue weighted by molar-refractivity contribution is 5.66. The predicted molar refractivity (Wildman–Crippen MR) is 67.4 cm³/mol. The third kappa shape index (κ3) is 4.64. The van der Waals surface area contributed by atoms with Gasteiger partial charge in [-0.2, -0.15) is 0 Å². The first-order valence-electron chi connectivity index (χ1n) is 5.65. The zero-order valence-corrected chi connectivity index (χ0v) is 11.4. The monoisotopic (exact) mass is 261 g/mol. The molecule has 2 atom stereocenters. The van der Waals surface area contributed by atoms with Gasteiger partial charge in [-0.05, 0) is 20.8 Å². The van der Waals surface area contributed by atoms with Crippen molar-refractivity contribution >= 4 is 6.09 Å². The van der Waals surface area contributed by atoms with Crippen LogP contribution in [-0.2, 0) is 9.47 Å². The lowest BCUT2D eigenvalue weighted by Gasteiger charge is -2.41. The fourth-order valence-corrected chi connectivity index (χ4v) is 1.74. The van der Waals surface area contributed by atoms with E-state index < -0.39 is 23.8 Å². The van der Waals surface area contributed by atoms with Crippen molar-refractivity contribution in [2.24, 2.45) is 0 Å². The van der Waals surface area contributed by atoms with Gasteiger partial charge in [-0.15, -0.1) is 6.58 Å². The minimum atomic E-state index is -1.12. The molecule has 106 valence electrons. The number of aliphatic hydroxyl groups excluding tert-OH is 1. The molecule has 6 nitrogen and oxygen atoms in total. The van der Waals surface area contributed by atoms with Crippen molar-refractivity contribution in [2.75, 3.05) is 20.5 Å². The number of nitrogens with zero attached hydrogens (tertiary/aromatic N) is 1. The number of aliphatic hydroxyl groups is 1. The number of rotatable bonds is 7. The van der Waals surface area contributed by atoms with Crippen molar-refractivity contribution in [1.29, 1.82) is 0 Å². The van der Waals surface area contributed by atoms with E-state index in [9.17, 15) is 15.0 Å². The van der Waals surface area contributed by atoms with Crippen LogP contribution in [-0.4, -0.2) is 59.4 Å². The van der Waals surface area contributed by atoms with E-state index in [1.54, 1.807) is 20.8 Å². The van der Waals surface area contributed by atoms with Crippen molar-refractivity contribution in [3.63, 3.8) is 0 Å². The van der Waals surface area contributed by atoms with Crippen LogP contribution in [0.2, 0.25) is 0 Å². The predicted octanol–water partition coefficient (Wildman–Crippen LogP) is 1.30. The lowest BCUT2D eigenvalue weighted by molar-refractivity contribution is -0.0951. The number of amides is 1. The highest BCUT2D eigenvalue weighted by Gasteiger charge is 2.36. The van der Waals surface area contributed by atoms with E-state index >= 15 is 0 Å². The van der Waals surface area contributed by atoms with Gasteiger partial charge in [-0.1, -0.05) is 6.08 Å². The summed E-state index contributed by atoms with van der Waals surface area (Å²) >= 11 is 0. The van der Waals surface area contributed by atoms with Crippen LogP contribution in [0, 0.1) is 0 Å². The van der Waals surface area contributed by atoms with Gasteiger partial charge in [0, 0.05) is 12.6 Å². The van der Waals surface area contributed by atoms with E-state index in [1.165, 1.54) is 13.2 Å². The van der Waals surface area contributed by atoms with Crippen LogP contribution in [0.4, 0.5) is 4.79 Å². The minimum absolute atomic E-state index is 0.00475. The molecule has 0 radical (unpaired) electrons. The zero-order valence-electron chi connectivity index (χ0n) is 11.4. The fourth-order valence-electron chi connectivity index (χ4n) is 1.74. The van der Waals surface area contributed by atoms with Gasteiger partial charge in [-0.3, -0.25) is 4.90 Å². The summed E-state index contributed by atoms with van der Waals surface area (Å²) < 4.78 is 10.1. The zero-order chi connectivity index (χ0) is 14.3. The molecule has 0 rings (SSSR count). The lowest BCUT2D eigenvalue weighted by Crippen LogP contribution is -2.57. The first-order chi connectivity index (χ1) is 8.29. The third-order valence-corrected chi connectivity index (χ3v) is 2.44. The molecule has 0 aliphatic rings. The van der Waals surface area contributed by atoms with Gasteiger partial charge in [0.2, 0.25) is 0 Å². The number of carbonyl (C=O) groups is 1. The first kappa shape index (κ1) is 16.9. The van der Waals surface area contributed by atoms with Crippen molar-refractivity contribution in [3.05, 3.63) is 12.7 Å². The van der Waals surface area contributed by atoms with E-state index in [0.29, 0.717) is 0 Å². The van der Waals surface area contributed by atoms with Crippen molar-refractivity contribution in [1.82, 2.24) is 4.90 Å². The smallest absolute Gasteiger partial charge is 0.408 e. The standard InChI is InChI=1S/C12H23NO5/c1-6-10(18-8-17-5)9(7-14)13(11(15)16)12(2,3)4/h6,9-10,14H,1,7-8H2,2-5H3,(H,15,16)/t9-,10+/m0/s1. The Labute approximate surface area is 108 Å². The molecule has 0 unspecified atom stereocenters. The van der Waals surface area contributed by atoms with Gasteiger partial charge in [0.05, 0.1) is 12.6 Å². The topological polar surface area (TPSA) is 79.2 Å². The van der Waals surface area contributed by atoms with Gasteiger partial charge >= 0.3 is 6.09 Å². The maximum absolute atomic E-state index is 11.3. The van der Waals surface area contributed by atoms with Crippen LogP contribution in [0.1, 0.15) is 20.8 Å². The van der Waals surface area contributed by atoms with Gasteiger partial charge in [0.15, 0.2) is 0 Å². The summed E-state index contributed by atoms with van der Waals surface area (Å²) in [6.07, 6.45) is -0.290. The Balaban J connectivity index is 5.09. The fraction of sp³-hybridized carbons (Fsp3) is 0.750. The maximum Gasteiger partial charge on any atom is 0.408 e. The summed E-state index contributed by atoms with van der Waals surface area (Å²) in [6.45, 7) is 8.49. The van der Waals surface area contributed by atoms with Gasteiger partial charge < -0.3 is 19.7 Å². The Morgan fingerprint density at radius 3 is 2.33 bits per heavy atom. The normalized spacial score (nSPS) is 14.9. The number of hydrogen-bond donors (Lipinski definition) is 2. The molecule has 18 heavy (non-hydrogen) atoms. The van der Waals surface area contributed by atoms with Crippen LogP contribution in [0.5, 0.6) is 0 Å². The molecule has 0 aromatic heterocycles. The SMILES string of the molecule is C=C[C@@H](OCOC)[C@H](CO)N(C(=O)O)C(C)(C)C. The second-order valence-corrected chi connectivity index (χ2v) is 4.85. The van der Waals surface area contributed by atoms with Crippen molar-refractivity contribution in [3.8, 4) is 0 Å². The average molecular weight is 261 g/mol. The second-order valence-electron chi connectivity index (χ2n) is 4.85. The van der Waals surface area contributed by atoms with Gasteiger partial charge in [0.25, 0.3) is 0 Å². The number of hydrogen-bond acceptors (Lipinski definition) is 4. The molecule has 0 aliphatic heterocycles. The van der Waals surface area contributed by atoms with Crippen LogP contribution >= 0.6 is 0 Å². The average Bonchev–Trinajstić information content (AvgIpc) is 2.25. The van der Waals surface area contributed by atoms with Crippen LogP contribution in [0.25, 0.3) is 0 Å². The Morgan fingerprint density at radius 2 is 2.06 bits per heavy atom. The van der Waals surface area contributed by atoms with E-state index in [1.807, 2.05) is 0 Å². The van der Waals surface area contributed by atoms with E-state index in [2.05, 4.69) is 6.58 Å². The Bertz CT molecular complexity index is 274. The summed E-state index contributed by atoms with van der Waals surface area (Å²) in [5.74, 6) is 0. The van der Waals surface area contributed by atoms with Gasteiger partial charge in [-0.25, -0.2) is 4.79 Å². The van der Waals surface area contributed by atoms with E-state index in [4.69, 9.17) is 9.47 Å². The Morgan fingerprint density at radius 1 is 1.50 bits per heavy atom. The molecule has 1 amide bonds. The maximum atomic E-state index is 11.3. The molecule has 0 saturated carbocycles. The van der Waals surface area contributed by atoms with Crippen molar-refractivity contribution in [2.45, 2.75) is 38.5 Å². The number of methoxy groups -OCH3 is 1. The molecule has 0 aromatic carbocycles. The summed E-state index contributed by atoms with van der Waals surface area (Å²) in [5.41, 5.74) is -0.656. The molecular formula is C12H23NO5. The summed E-state index contributed by atoms with van der Waals surface area (Å²) in [5, 5.41) is 18.7. The highest BCUT2D eigenvalue weighted by atomic mass is 16.7. The number of carboxylic acid groups (broad SMARTS) is 1. The molecular weight excluding hydrogens is 238 g/mol. The lowest BCUT2D eigenvalue weighted by atomic mass is 10.0. The molecule has 0 aromatic rings. The van der Waals surface area contributed by atoms with Gasteiger partial charge in [0.1, 0.15) is 12.9 Å². The molecule has 0 spiro atoms. The molecule has 0 fully saturated rings. The quantitative estimate of drug-likeness (QED) is 0.533. The highest BCUT2D eigenvalue weighted by Crippen LogP contribution is 2.21. The largest absolute Gasteiger partial charge is 0.465 e. The Hall–Kier alpha value is -1.11. The molecule has 0 bridgehead atoms. The molecule has 0 saturated heterocycles. The summed E-state index contributed by atoms with van der Waals surface area (Å²) in [4.78, 5) is 12.5. The van der Waals surface area contributed by atoms with Crippen molar-refractivity contribution < 1.29 is 24.5 Å². The van der Waals surface area contributed by atoms with E-state index in [0.717, 1.165) is 4.90 Å². The summed E-state index contributed by atoms with van der Waals surface area (Å²) in [7, 11) is 1.47. The van der Waals surface area contributed by atoms with Crippen LogP contribution in [0.3, 0.4) is 0 Å². The summed E-state index contributed by atoms with van der Waals surface area (Å²) in [6, 6.07) is -0.727. The Kier molecular flexibility index (Phi) is 6.90. The molecule has 0 heterocycles. The minimum Gasteiger partial charge on any atom is -0.465 e. The van der Waals surface area contributed by atoms with E-state index in [-0.39, 0.29) is 13.4 Å². The van der Waals surface area contributed by atoms with Crippen LogP contribution in [0.15, 0.2) is 12.7 Å². The molecule has 0 aliphatic carbocycles. The number of ether oxygens (including phenoxy) is 2. The molecule has 2 N–H and O–H groups in total. The first-order valence-corrected chi connectivity index (χ1v) is 5.65. The second kappa shape index (κ2) is 7.35.